The van der Waals surface area contributed by atoms with Gasteiger partial charge in [-0.3, -0.25) is 14.2 Å². The zero-order valence-electron chi connectivity index (χ0n) is 17.6. The van der Waals surface area contributed by atoms with E-state index in [-0.39, 0.29) is 6.42 Å². The largest absolute Gasteiger partial charge is 0.497 e. The quantitative estimate of drug-likeness (QED) is 0.592. The predicted octanol–water partition coefficient (Wildman–Crippen LogP) is 3.70. The molecule has 0 atom stereocenters. The number of rotatable bonds is 7. The Hall–Kier alpha value is -4.05. The summed E-state index contributed by atoms with van der Waals surface area (Å²) < 4.78 is 12.0. The maximum Gasteiger partial charge on any atom is 0.310 e. The summed E-state index contributed by atoms with van der Waals surface area (Å²) in [6.45, 7) is 3.27. The van der Waals surface area contributed by atoms with Gasteiger partial charge in [0.05, 0.1) is 19.1 Å². The van der Waals surface area contributed by atoms with Gasteiger partial charge in [-0.25, -0.2) is 0 Å². The summed E-state index contributed by atoms with van der Waals surface area (Å²) in [7, 11) is 1.57. The van der Waals surface area contributed by atoms with Crippen molar-refractivity contribution in [2.24, 2.45) is 0 Å². The average Bonchev–Trinajstić information content (AvgIpc) is 3.02. The van der Waals surface area contributed by atoms with Gasteiger partial charge in [0, 0.05) is 11.4 Å². The van der Waals surface area contributed by atoms with Gasteiger partial charge in [0.2, 0.25) is 0 Å². The number of benzene rings is 2. The molecular weight excluding hydrogens is 394 g/mol. The topological polar surface area (TPSA) is 93.3 Å². The van der Waals surface area contributed by atoms with E-state index in [4.69, 9.17) is 9.47 Å². The molecule has 0 saturated heterocycles. The van der Waals surface area contributed by atoms with E-state index in [0.717, 1.165) is 22.5 Å². The van der Waals surface area contributed by atoms with Gasteiger partial charge in [0.15, 0.2) is 6.61 Å². The molecule has 2 aromatic carbocycles. The number of aromatic nitrogens is 1. The number of methoxy groups -OCH3 is 1. The van der Waals surface area contributed by atoms with Crippen LogP contribution in [0.2, 0.25) is 0 Å². The summed E-state index contributed by atoms with van der Waals surface area (Å²) in [4.78, 5) is 24.6. The maximum absolute atomic E-state index is 12.5. The van der Waals surface area contributed by atoms with E-state index in [1.807, 2.05) is 48.7 Å². The summed E-state index contributed by atoms with van der Waals surface area (Å²) in [6.07, 6.45) is 0.0410. The van der Waals surface area contributed by atoms with Crippen LogP contribution in [-0.2, 0) is 20.7 Å². The van der Waals surface area contributed by atoms with Crippen molar-refractivity contribution in [2.75, 3.05) is 19.0 Å². The number of nitrogens with zero attached hydrogens (tertiary/aromatic N) is 2. The van der Waals surface area contributed by atoms with Gasteiger partial charge in [-0.05, 0) is 49.2 Å². The van der Waals surface area contributed by atoms with Gasteiger partial charge in [0.1, 0.15) is 17.6 Å². The highest BCUT2D eigenvalue weighted by Crippen LogP contribution is 2.29. The second-order valence-corrected chi connectivity index (χ2v) is 6.95. The number of hydrogen-bond donors (Lipinski definition) is 1. The molecule has 0 fully saturated rings. The average molecular weight is 417 g/mol. The molecule has 0 aliphatic heterocycles. The van der Waals surface area contributed by atoms with E-state index in [1.165, 1.54) is 0 Å². The molecule has 7 heteroatoms. The summed E-state index contributed by atoms with van der Waals surface area (Å²) >= 11 is 0. The number of hydrogen-bond acceptors (Lipinski definition) is 5. The van der Waals surface area contributed by atoms with E-state index in [1.54, 1.807) is 31.4 Å². The minimum atomic E-state index is -0.522. The zero-order valence-corrected chi connectivity index (χ0v) is 17.6. The standard InChI is InChI=1S/C24H23N3O4/c1-16-17(2)27(19-7-5-4-6-8-19)24(21(16)14-25)26-22(28)15-31-23(29)13-18-9-11-20(30-3)12-10-18/h4-12H,13,15H2,1-3H3,(H,26,28). The summed E-state index contributed by atoms with van der Waals surface area (Å²) in [5.41, 5.74) is 3.56. The van der Waals surface area contributed by atoms with Crippen LogP contribution < -0.4 is 10.1 Å². The Morgan fingerprint density at radius 1 is 1.06 bits per heavy atom. The number of anilines is 1. The van der Waals surface area contributed by atoms with Crippen molar-refractivity contribution in [3.8, 4) is 17.5 Å². The van der Waals surface area contributed by atoms with Crippen LogP contribution in [0.15, 0.2) is 54.6 Å². The molecule has 0 radical (unpaired) electrons. The summed E-state index contributed by atoms with van der Waals surface area (Å²) in [5, 5.41) is 12.3. The highest BCUT2D eigenvalue weighted by atomic mass is 16.5. The molecule has 3 rings (SSSR count). The van der Waals surface area contributed by atoms with Crippen LogP contribution in [0.5, 0.6) is 5.75 Å². The highest BCUT2D eigenvalue weighted by molar-refractivity contribution is 5.94. The molecule has 0 aliphatic carbocycles. The van der Waals surface area contributed by atoms with Crippen LogP contribution in [0.1, 0.15) is 22.4 Å². The number of ether oxygens (including phenoxy) is 2. The second-order valence-electron chi connectivity index (χ2n) is 6.95. The van der Waals surface area contributed by atoms with Crippen molar-refractivity contribution < 1.29 is 19.1 Å². The van der Waals surface area contributed by atoms with Crippen LogP contribution >= 0.6 is 0 Å². The fourth-order valence-corrected chi connectivity index (χ4v) is 3.24. The molecule has 0 bridgehead atoms. The molecule has 1 N–H and O–H groups in total. The first-order chi connectivity index (χ1) is 14.9. The number of esters is 1. The lowest BCUT2D eigenvalue weighted by molar-refractivity contribution is -0.146. The number of nitriles is 1. The van der Waals surface area contributed by atoms with Gasteiger partial charge in [-0.1, -0.05) is 30.3 Å². The van der Waals surface area contributed by atoms with Gasteiger partial charge < -0.3 is 14.8 Å². The third-order valence-corrected chi connectivity index (χ3v) is 4.97. The van der Waals surface area contributed by atoms with Crippen molar-refractivity contribution in [2.45, 2.75) is 20.3 Å². The van der Waals surface area contributed by atoms with E-state index in [0.29, 0.717) is 17.1 Å². The SMILES string of the molecule is COc1ccc(CC(=O)OCC(=O)Nc2c(C#N)c(C)c(C)n2-c2ccccc2)cc1. The Morgan fingerprint density at radius 2 is 1.74 bits per heavy atom. The Bertz CT molecular complexity index is 1130. The highest BCUT2D eigenvalue weighted by Gasteiger charge is 2.21. The van der Waals surface area contributed by atoms with E-state index in [2.05, 4.69) is 11.4 Å². The molecule has 1 amide bonds. The molecule has 0 saturated carbocycles. The minimum Gasteiger partial charge on any atom is -0.497 e. The lowest BCUT2D eigenvalue weighted by Crippen LogP contribution is -2.23. The number of amides is 1. The summed E-state index contributed by atoms with van der Waals surface area (Å²) in [6, 6.07) is 18.6. The number of carbonyl (C=O) groups is 2. The van der Waals surface area contributed by atoms with Crippen LogP contribution in [0.4, 0.5) is 5.82 Å². The third kappa shape index (κ3) is 4.93. The normalized spacial score (nSPS) is 10.3. The molecule has 0 aliphatic rings. The van der Waals surface area contributed by atoms with Crippen LogP contribution in [0.25, 0.3) is 5.69 Å². The molecule has 158 valence electrons. The van der Waals surface area contributed by atoms with Gasteiger partial charge in [-0.2, -0.15) is 5.26 Å². The maximum atomic E-state index is 12.5. The Kier molecular flexibility index (Phi) is 6.73. The Labute approximate surface area is 180 Å². The van der Waals surface area contributed by atoms with Crippen molar-refractivity contribution in [3.63, 3.8) is 0 Å². The first-order valence-electron chi connectivity index (χ1n) is 9.70. The molecule has 0 spiro atoms. The minimum absolute atomic E-state index is 0.0410. The molecule has 3 aromatic rings. The molecule has 1 heterocycles. The molecular formula is C24H23N3O4. The number of carbonyl (C=O) groups excluding carboxylic acids is 2. The molecule has 7 nitrogen and oxygen atoms in total. The Balaban J connectivity index is 1.69. The van der Waals surface area contributed by atoms with Crippen molar-refractivity contribution in [1.82, 2.24) is 4.57 Å². The molecule has 31 heavy (non-hydrogen) atoms. The zero-order chi connectivity index (χ0) is 22.4. The van der Waals surface area contributed by atoms with E-state index < -0.39 is 18.5 Å². The Morgan fingerprint density at radius 3 is 2.35 bits per heavy atom. The predicted molar refractivity (Wildman–Crippen MR) is 116 cm³/mol. The second kappa shape index (κ2) is 9.63. The number of nitrogens with one attached hydrogen (secondary N) is 1. The van der Waals surface area contributed by atoms with Crippen LogP contribution in [-0.4, -0.2) is 30.2 Å². The first-order valence-corrected chi connectivity index (χ1v) is 9.70. The lowest BCUT2D eigenvalue weighted by atomic mass is 10.1. The first kappa shape index (κ1) is 21.7. The van der Waals surface area contributed by atoms with Crippen molar-refractivity contribution in [1.29, 1.82) is 5.26 Å². The fourth-order valence-electron chi connectivity index (χ4n) is 3.24. The molecule has 0 unspecified atom stereocenters. The fraction of sp³-hybridized carbons (Fsp3) is 0.208. The van der Waals surface area contributed by atoms with Gasteiger partial charge >= 0.3 is 5.97 Å². The van der Waals surface area contributed by atoms with Crippen molar-refractivity contribution >= 4 is 17.7 Å². The van der Waals surface area contributed by atoms with Gasteiger partial charge in [0.25, 0.3) is 5.91 Å². The lowest BCUT2D eigenvalue weighted by Gasteiger charge is -2.13. The smallest absolute Gasteiger partial charge is 0.310 e. The van der Waals surface area contributed by atoms with Gasteiger partial charge in [-0.15, -0.1) is 0 Å². The van der Waals surface area contributed by atoms with Crippen molar-refractivity contribution in [3.05, 3.63) is 77.0 Å². The monoisotopic (exact) mass is 417 g/mol. The number of para-hydroxylation sites is 1. The van der Waals surface area contributed by atoms with E-state index >= 15 is 0 Å². The third-order valence-electron chi connectivity index (χ3n) is 4.97. The van der Waals surface area contributed by atoms with Crippen LogP contribution in [0, 0.1) is 25.2 Å². The van der Waals surface area contributed by atoms with Crippen LogP contribution in [0.3, 0.4) is 0 Å². The molecule has 1 aromatic heterocycles. The van der Waals surface area contributed by atoms with E-state index in [9.17, 15) is 14.9 Å². The summed E-state index contributed by atoms with van der Waals surface area (Å²) in [5.74, 6) is 0.0117.